The van der Waals surface area contributed by atoms with E-state index in [1.54, 1.807) is 0 Å². The first-order chi connectivity index (χ1) is 13.4. The van der Waals surface area contributed by atoms with E-state index in [0.29, 0.717) is 5.69 Å². The molecule has 1 aromatic heterocycles. The third-order valence-corrected chi connectivity index (χ3v) is 6.02. The van der Waals surface area contributed by atoms with Crippen LogP contribution in [0.2, 0.25) is 5.15 Å². The number of amides is 1. The van der Waals surface area contributed by atoms with Crippen LogP contribution >= 0.6 is 23.4 Å². The van der Waals surface area contributed by atoms with Gasteiger partial charge in [0.1, 0.15) is 0 Å². The molecule has 0 saturated carbocycles. The average molecular weight is 435 g/mol. The fraction of sp³-hybridized carbons (Fsp3) is 0.0556. The quantitative estimate of drug-likeness (QED) is 0.550. The summed E-state index contributed by atoms with van der Waals surface area (Å²) >= 11 is 7.05. The maximum atomic E-state index is 12.4. The van der Waals surface area contributed by atoms with Crippen LogP contribution in [0.5, 0.6) is 0 Å². The molecule has 3 aromatic rings. The first kappa shape index (κ1) is 20.1. The molecule has 1 amide bonds. The van der Waals surface area contributed by atoms with Gasteiger partial charge in [0.05, 0.1) is 10.6 Å². The Labute approximate surface area is 171 Å². The number of hydrogen-bond acceptors (Lipinski definition) is 6. The van der Waals surface area contributed by atoms with Gasteiger partial charge in [0.15, 0.2) is 11.0 Å². The standard InChI is InChI=1S/C18H15ClN4O3S2/c19-16-10-11-17(22-21-16)23-28(25,26)15-8-6-13(7-9-15)20-18(24)12-27-14-4-2-1-3-5-14/h1-11H,12H2,(H,20,24)(H,22,23). The van der Waals surface area contributed by atoms with E-state index < -0.39 is 10.0 Å². The van der Waals surface area contributed by atoms with Crippen molar-refractivity contribution in [3.8, 4) is 0 Å². The molecule has 1 heterocycles. The number of sulfonamides is 1. The Bertz CT molecular complexity index is 1040. The van der Waals surface area contributed by atoms with E-state index >= 15 is 0 Å². The summed E-state index contributed by atoms with van der Waals surface area (Å²) < 4.78 is 27.1. The lowest BCUT2D eigenvalue weighted by Crippen LogP contribution is -2.15. The number of nitrogens with zero attached hydrogens (tertiary/aromatic N) is 2. The summed E-state index contributed by atoms with van der Waals surface area (Å²) in [5.41, 5.74) is 0.504. The molecule has 0 aliphatic carbocycles. The van der Waals surface area contributed by atoms with Gasteiger partial charge < -0.3 is 5.32 Å². The topological polar surface area (TPSA) is 101 Å². The van der Waals surface area contributed by atoms with Gasteiger partial charge in [0.25, 0.3) is 10.0 Å². The third-order valence-electron chi connectivity index (χ3n) is 3.43. The molecule has 0 fully saturated rings. The fourth-order valence-electron chi connectivity index (χ4n) is 2.15. The molecule has 0 spiro atoms. The van der Waals surface area contributed by atoms with Gasteiger partial charge in [0.2, 0.25) is 5.91 Å². The van der Waals surface area contributed by atoms with Crippen LogP contribution in [0, 0.1) is 0 Å². The van der Waals surface area contributed by atoms with Crippen molar-refractivity contribution in [2.75, 3.05) is 15.8 Å². The summed E-state index contributed by atoms with van der Waals surface area (Å²) in [6.45, 7) is 0. The van der Waals surface area contributed by atoms with Crippen molar-refractivity contribution in [3.05, 3.63) is 71.9 Å². The lowest BCUT2D eigenvalue weighted by molar-refractivity contribution is -0.113. The van der Waals surface area contributed by atoms with Crippen LogP contribution in [-0.4, -0.2) is 30.3 Å². The number of carbonyl (C=O) groups excluding carboxylic acids is 1. The SMILES string of the molecule is O=C(CSc1ccccc1)Nc1ccc(S(=O)(=O)Nc2ccc(Cl)nn2)cc1. The predicted molar refractivity (Wildman–Crippen MR) is 110 cm³/mol. The smallest absolute Gasteiger partial charge is 0.263 e. The van der Waals surface area contributed by atoms with Gasteiger partial charge in [-0.15, -0.1) is 22.0 Å². The zero-order chi connectivity index (χ0) is 20.0. The molecule has 2 aromatic carbocycles. The maximum Gasteiger partial charge on any atom is 0.263 e. The highest BCUT2D eigenvalue weighted by Gasteiger charge is 2.15. The van der Waals surface area contributed by atoms with Crippen molar-refractivity contribution in [1.29, 1.82) is 0 Å². The Morgan fingerprint density at radius 3 is 2.32 bits per heavy atom. The highest BCUT2D eigenvalue weighted by atomic mass is 35.5. The van der Waals surface area contributed by atoms with Crippen LogP contribution in [0.1, 0.15) is 0 Å². The lowest BCUT2D eigenvalue weighted by atomic mass is 10.3. The van der Waals surface area contributed by atoms with Gasteiger partial charge in [-0.2, -0.15) is 0 Å². The van der Waals surface area contributed by atoms with Crippen LogP contribution < -0.4 is 10.0 Å². The van der Waals surface area contributed by atoms with Crippen molar-refractivity contribution in [2.24, 2.45) is 0 Å². The molecule has 0 radical (unpaired) electrons. The second-order valence-corrected chi connectivity index (χ2v) is 8.64. The summed E-state index contributed by atoms with van der Waals surface area (Å²) in [6.07, 6.45) is 0. The Balaban J connectivity index is 1.59. The molecule has 10 heteroatoms. The molecule has 0 aliphatic heterocycles. The highest BCUT2D eigenvalue weighted by Crippen LogP contribution is 2.19. The monoisotopic (exact) mass is 434 g/mol. The number of hydrogen-bond donors (Lipinski definition) is 2. The molecule has 2 N–H and O–H groups in total. The molecule has 0 unspecified atom stereocenters. The predicted octanol–water partition coefficient (Wildman–Crippen LogP) is 3.66. The Hall–Kier alpha value is -2.62. The number of rotatable bonds is 7. The van der Waals surface area contributed by atoms with Crippen molar-refractivity contribution < 1.29 is 13.2 Å². The van der Waals surface area contributed by atoms with Gasteiger partial charge in [-0.05, 0) is 48.5 Å². The van der Waals surface area contributed by atoms with E-state index in [9.17, 15) is 13.2 Å². The minimum atomic E-state index is -3.83. The van der Waals surface area contributed by atoms with Gasteiger partial charge in [-0.25, -0.2) is 8.42 Å². The van der Waals surface area contributed by atoms with Crippen molar-refractivity contribution in [3.63, 3.8) is 0 Å². The number of aromatic nitrogens is 2. The van der Waals surface area contributed by atoms with Crippen LogP contribution in [0.15, 0.2) is 76.5 Å². The van der Waals surface area contributed by atoms with Gasteiger partial charge >= 0.3 is 0 Å². The van der Waals surface area contributed by atoms with E-state index in [-0.39, 0.29) is 27.5 Å². The molecule has 7 nitrogen and oxygen atoms in total. The van der Waals surface area contributed by atoms with Gasteiger partial charge in [-0.3, -0.25) is 9.52 Å². The molecular formula is C18H15ClN4O3S2. The molecule has 0 bridgehead atoms. The summed E-state index contributed by atoms with van der Waals surface area (Å²) in [6, 6.07) is 18.2. The molecule has 0 saturated heterocycles. The van der Waals surface area contributed by atoms with Crippen molar-refractivity contribution in [1.82, 2.24) is 10.2 Å². The summed E-state index contributed by atoms with van der Waals surface area (Å²) in [5.74, 6) is 0.125. The number of benzene rings is 2. The summed E-state index contributed by atoms with van der Waals surface area (Å²) in [4.78, 5) is 13.1. The normalized spacial score (nSPS) is 11.0. The Morgan fingerprint density at radius 2 is 1.68 bits per heavy atom. The molecule has 0 aliphatic rings. The molecule has 144 valence electrons. The highest BCUT2D eigenvalue weighted by molar-refractivity contribution is 8.00. The second-order valence-electron chi connectivity index (χ2n) is 5.52. The number of halogens is 1. The molecular weight excluding hydrogens is 420 g/mol. The van der Waals surface area contributed by atoms with E-state index in [1.165, 1.54) is 48.2 Å². The van der Waals surface area contributed by atoms with E-state index in [4.69, 9.17) is 11.6 Å². The summed E-state index contributed by atoms with van der Waals surface area (Å²) in [7, 11) is -3.83. The minimum Gasteiger partial charge on any atom is -0.325 e. The van der Waals surface area contributed by atoms with Crippen molar-refractivity contribution in [2.45, 2.75) is 9.79 Å². The fourth-order valence-corrected chi connectivity index (χ4v) is 3.96. The average Bonchev–Trinajstić information content (AvgIpc) is 2.69. The van der Waals surface area contributed by atoms with Gasteiger partial charge in [0, 0.05) is 10.6 Å². The molecule has 0 atom stereocenters. The van der Waals surface area contributed by atoms with E-state index in [1.807, 2.05) is 30.3 Å². The zero-order valence-corrected chi connectivity index (χ0v) is 16.8. The van der Waals surface area contributed by atoms with Crippen LogP contribution in [0.4, 0.5) is 11.5 Å². The number of carbonyl (C=O) groups is 1. The summed E-state index contributed by atoms with van der Waals surface area (Å²) in [5, 5.41) is 10.1. The minimum absolute atomic E-state index is 0.0286. The zero-order valence-electron chi connectivity index (χ0n) is 14.4. The third kappa shape index (κ3) is 5.69. The molecule has 28 heavy (non-hydrogen) atoms. The number of anilines is 2. The maximum absolute atomic E-state index is 12.4. The van der Waals surface area contributed by atoms with Crippen molar-refractivity contribution >= 4 is 50.8 Å². The Kier molecular flexibility index (Phi) is 6.50. The lowest BCUT2D eigenvalue weighted by Gasteiger charge is -2.09. The van der Waals surface area contributed by atoms with Crippen LogP contribution in [0.25, 0.3) is 0 Å². The second kappa shape index (κ2) is 9.05. The first-order valence-corrected chi connectivity index (χ1v) is 10.9. The van der Waals surface area contributed by atoms with E-state index in [0.717, 1.165) is 4.90 Å². The first-order valence-electron chi connectivity index (χ1n) is 8.02. The Morgan fingerprint density at radius 1 is 0.964 bits per heavy atom. The molecule has 3 rings (SSSR count). The number of nitrogens with one attached hydrogen (secondary N) is 2. The van der Waals surface area contributed by atoms with Gasteiger partial charge in [-0.1, -0.05) is 29.8 Å². The van der Waals surface area contributed by atoms with E-state index in [2.05, 4.69) is 20.2 Å². The van der Waals surface area contributed by atoms with Crippen LogP contribution in [-0.2, 0) is 14.8 Å². The largest absolute Gasteiger partial charge is 0.325 e. The number of thioether (sulfide) groups is 1. The van der Waals surface area contributed by atoms with Crippen LogP contribution in [0.3, 0.4) is 0 Å².